The van der Waals surface area contributed by atoms with E-state index < -0.39 is 0 Å². The van der Waals surface area contributed by atoms with E-state index in [-0.39, 0.29) is 11.8 Å². The highest BCUT2D eigenvalue weighted by Gasteiger charge is 2.38. The van der Waals surface area contributed by atoms with Crippen LogP contribution in [0.1, 0.15) is 35.7 Å². The molecule has 0 saturated carbocycles. The molecule has 6 nitrogen and oxygen atoms in total. The van der Waals surface area contributed by atoms with Crippen LogP contribution in [0.15, 0.2) is 47.0 Å². The summed E-state index contributed by atoms with van der Waals surface area (Å²) in [5.74, 6) is 2.19. The maximum Gasteiger partial charge on any atom is 0.226 e. The highest BCUT2D eigenvalue weighted by atomic mass is 32.1. The van der Waals surface area contributed by atoms with Crippen LogP contribution < -0.4 is 10.1 Å². The Morgan fingerprint density at radius 2 is 2.11 bits per heavy atom. The lowest BCUT2D eigenvalue weighted by Crippen LogP contribution is -2.31. The number of carbonyl (C=O) groups is 1. The molecule has 142 valence electrons. The average molecular weight is 392 g/mol. The van der Waals surface area contributed by atoms with E-state index in [2.05, 4.69) is 23.7 Å². The van der Waals surface area contributed by atoms with Crippen molar-refractivity contribution < 1.29 is 9.53 Å². The van der Waals surface area contributed by atoms with Crippen LogP contribution in [-0.4, -0.2) is 27.7 Å². The smallest absolute Gasteiger partial charge is 0.226 e. The lowest BCUT2D eigenvalue weighted by atomic mass is 9.87. The number of aromatic nitrogens is 3. The summed E-state index contributed by atoms with van der Waals surface area (Å²) in [4.78, 5) is 18.8. The minimum Gasteiger partial charge on any atom is -0.496 e. The first-order valence-electron chi connectivity index (χ1n) is 9.34. The van der Waals surface area contributed by atoms with Gasteiger partial charge in [0.2, 0.25) is 5.95 Å². The number of methoxy groups -OCH3 is 1. The number of fused-ring (bicyclic) bond motifs is 1. The largest absolute Gasteiger partial charge is 0.496 e. The Morgan fingerprint density at radius 3 is 2.89 bits per heavy atom. The number of nitrogens with zero attached hydrogens (tertiary/aromatic N) is 3. The number of rotatable bonds is 3. The van der Waals surface area contributed by atoms with Crippen LogP contribution in [0.4, 0.5) is 5.95 Å². The van der Waals surface area contributed by atoms with Gasteiger partial charge in [0.1, 0.15) is 11.8 Å². The number of hydrogen-bond donors (Lipinski definition) is 1. The van der Waals surface area contributed by atoms with E-state index in [0.29, 0.717) is 18.2 Å². The number of allylic oxidation sites excluding steroid dienone is 2. The Labute approximate surface area is 166 Å². The van der Waals surface area contributed by atoms with Crippen molar-refractivity contribution in [1.82, 2.24) is 14.8 Å². The van der Waals surface area contributed by atoms with Crippen molar-refractivity contribution in [2.45, 2.75) is 32.2 Å². The third-order valence-corrected chi connectivity index (χ3v) is 6.44. The second-order valence-electron chi connectivity index (χ2n) is 7.07. The summed E-state index contributed by atoms with van der Waals surface area (Å²) in [6.07, 6.45) is 2.32. The summed E-state index contributed by atoms with van der Waals surface area (Å²) in [7, 11) is 1.64. The molecule has 1 aliphatic heterocycles. The van der Waals surface area contributed by atoms with Crippen molar-refractivity contribution in [3.8, 4) is 17.1 Å². The molecule has 0 radical (unpaired) electrons. The first-order valence-corrected chi connectivity index (χ1v) is 10.2. The van der Waals surface area contributed by atoms with Crippen LogP contribution in [0.3, 0.4) is 0 Å². The molecule has 1 aromatic carbocycles. The molecule has 0 bridgehead atoms. The number of anilines is 1. The average Bonchev–Trinajstić information content (AvgIpc) is 3.32. The molecule has 1 aliphatic carbocycles. The highest BCUT2D eigenvalue weighted by Crippen LogP contribution is 2.43. The molecule has 0 saturated heterocycles. The van der Waals surface area contributed by atoms with Gasteiger partial charge in [-0.3, -0.25) is 4.79 Å². The van der Waals surface area contributed by atoms with Gasteiger partial charge in [0.25, 0.3) is 0 Å². The Morgan fingerprint density at radius 1 is 1.25 bits per heavy atom. The van der Waals surface area contributed by atoms with Crippen LogP contribution in [0.5, 0.6) is 5.75 Å². The topological polar surface area (TPSA) is 69.0 Å². The molecular formula is C21H20N4O2S. The maximum atomic E-state index is 12.9. The second kappa shape index (κ2) is 6.60. The van der Waals surface area contributed by atoms with E-state index in [4.69, 9.17) is 14.8 Å². The summed E-state index contributed by atoms with van der Waals surface area (Å²) in [6.45, 7) is 2.08. The standard InChI is InChI=1S/C21H20N4O2S/c1-12-10-11-28-19(12)18-17-14(7-5-8-15(17)26)22-21-23-20(24-25(18)21)13-6-3-4-9-16(13)27-2/h3-4,6,9-11,18H,5,7-8H2,1-2H3,(H,22,23,24). The molecule has 5 rings (SSSR count). The third kappa shape index (κ3) is 2.57. The fourth-order valence-corrected chi connectivity index (χ4v) is 5.03. The molecular weight excluding hydrogens is 372 g/mol. The first kappa shape index (κ1) is 17.2. The molecule has 3 heterocycles. The van der Waals surface area contributed by atoms with Gasteiger partial charge < -0.3 is 10.1 Å². The fourth-order valence-electron chi connectivity index (χ4n) is 4.01. The molecule has 1 unspecified atom stereocenters. The van der Waals surface area contributed by atoms with Gasteiger partial charge in [-0.2, -0.15) is 4.98 Å². The zero-order valence-electron chi connectivity index (χ0n) is 15.7. The number of hydrogen-bond acceptors (Lipinski definition) is 6. The van der Waals surface area contributed by atoms with E-state index in [9.17, 15) is 4.79 Å². The van der Waals surface area contributed by atoms with E-state index >= 15 is 0 Å². The minimum absolute atomic E-state index is 0.201. The van der Waals surface area contributed by atoms with Gasteiger partial charge in [0, 0.05) is 22.6 Å². The number of ketones is 1. The first-order chi connectivity index (χ1) is 13.7. The molecule has 2 aromatic heterocycles. The minimum atomic E-state index is -0.227. The van der Waals surface area contributed by atoms with Crippen LogP contribution >= 0.6 is 11.3 Å². The predicted molar refractivity (Wildman–Crippen MR) is 109 cm³/mol. The number of thiophene rings is 1. The van der Waals surface area contributed by atoms with Crippen molar-refractivity contribution in [3.05, 3.63) is 57.4 Å². The van der Waals surface area contributed by atoms with Gasteiger partial charge in [-0.25, -0.2) is 4.68 Å². The molecule has 2 aliphatic rings. The Balaban J connectivity index is 1.70. The maximum absolute atomic E-state index is 12.9. The van der Waals surface area contributed by atoms with Crippen molar-refractivity contribution in [3.63, 3.8) is 0 Å². The van der Waals surface area contributed by atoms with Crippen LogP contribution in [-0.2, 0) is 4.79 Å². The van der Waals surface area contributed by atoms with E-state index in [1.165, 1.54) is 5.56 Å². The number of para-hydroxylation sites is 1. The summed E-state index contributed by atoms with van der Waals surface area (Å²) < 4.78 is 7.35. The normalized spacial score (nSPS) is 18.5. The van der Waals surface area contributed by atoms with E-state index in [1.807, 2.05) is 28.9 Å². The number of nitrogens with one attached hydrogen (secondary N) is 1. The molecule has 0 spiro atoms. The summed E-state index contributed by atoms with van der Waals surface area (Å²) in [6, 6.07) is 9.58. The summed E-state index contributed by atoms with van der Waals surface area (Å²) >= 11 is 1.66. The number of carbonyl (C=O) groups excluding carboxylic acids is 1. The van der Waals surface area contributed by atoms with Crippen LogP contribution in [0.2, 0.25) is 0 Å². The third-order valence-electron chi connectivity index (χ3n) is 5.37. The lowest BCUT2D eigenvalue weighted by molar-refractivity contribution is -0.116. The molecule has 3 aromatic rings. The molecule has 7 heteroatoms. The molecule has 1 atom stereocenters. The van der Waals surface area contributed by atoms with Crippen molar-refractivity contribution in [2.75, 3.05) is 12.4 Å². The number of aryl methyl sites for hydroxylation is 1. The molecule has 1 N–H and O–H groups in total. The highest BCUT2D eigenvalue weighted by molar-refractivity contribution is 7.10. The lowest BCUT2D eigenvalue weighted by Gasteiger charge is -2.31. The molecule has 0 amide bonds. The van der Waals surface area contributed by atoms with Gasteiger partial charge in [-0.15, -0.1) is 16.4 Å². The van der Waals surface area contributed by atoms with E-state index in [0.717, 1.165) is 40.3 Å². The van der Waals surface area contributed by atoms with Gasteiger partial charge in [-0.1, -0.05) is 12.1 Å². The number of ether oxygens (including phenoxy) is 1. The zero-order chi connectivity index (χ0) is 19.3. The number of benzene rings is 1. The molecule has 28 heavy (non-hydrogen) atoms. The molecule has 0 fully saturated rings. The summed E-state index contributed by atoms with van der Waals surface area (Å²) in [5.41, 5.74) is 3.82. The predicted octanol–water partition coefficient (Wildman–Crippen LogP) is 4.35. The monoisotopic (exact) mass is 392 g/mol. The second-order valence-corrected chi connectivity index (χ2v) is 8.02. The quantitative estimate of drug-likeness (QED) is 0.718. The van der Waals surface area contributed by atoms with Crippen molar-refractivity contribution in [2.24, 2.45) is 0 Å². The van der Waals surface area contributed by atoms with Crippen molar-refractivity contribution >= 4 is 23.1 Å². The summed E-state index contributed by atoms with van der Waals surface area (Å²) in [5, 5.41) is 10.3. The Hall–Kier alpha value is -2.93. The SMILES string of the molecule is COc1ccccc1-c1nc2n(n1)C(c1sccc1C)C1=C(CCCC1=O)N2. The zero-order valence-corrected chi connectivity index (χ0v) is 16.5. The van der Waals surface area contributed by atoms with Gasteiger partial charge >= 0.3 is 0 Å². The van der Waals surface area contributed by atoms with Gasteiger partial charge in [-0.05, 0) is 48.9 Å². The Bertz CT molecular complexity index is 1110. The van der Waals surface area contributed by atoms with Crippen LogP contribution in [0.25, 0.3) is 11.4 Å². The Kier molecular flexibility index (Phi) is 4.05. The fraction of sp³-hybridized carbons (Fsp3) is 0.286. The van der Waals surface area contributed by atoms with Gasteiger partial charge in [0.15, 0.2) is 11.6 Å². The van der Waals surface area contributed by atoms with E-state index in [1.54, 1.807) is 18.4 Å². The van der Waals surface area contributed by atoms with Crippen molar-refractivity contribution in [1.29, 1.82) is 0 Å². The number of Topliss-reactive ketones (excluding diaryl/α,β-unsaturated/α-hetero) is 1. The van der Waals surface area contributed by atoms with Crippen LogP contribution in [0, 0.1) is 6.92 Å². The van der Waals surface area contributed by atoms with Gasteiger partial charge in [0.05, 0.1) is 12.7 Å².